The highest BCUT2D eigenvalue weighted by molar-refractivity contribution is 9.10. The van der Waals surface area contributed by atoms with E-state index in [-0.39, 0.29) is 0 Å². The van der Waals surface area contributed by atoms with Crippen LogP contribution >= 0.6 is 15.9 Å². The number of aromatic nitrogens is 3. The summed E-state index contributed by atoms with van der Waals surface area (Å²) in [7, 11) is 0. The van der Waals surface area contributed by atoms with Gasteiger partial charge in [-0.05, 0) is 40.0 Å². The van der Waals surface area contributed by atoms with Gasteiger partial charge in [-0.25, -0.2) is 9.97 Å². The van der Waals surface area contributed by atoms with Crippen molar-refractivity contribution in [3.05, 3.63) is 47.1 Å². The molecule has 2 aromatic rings. The monoisotopic (exact) mass is 278 g/mol. The largest absolute Gasteiger partial charge is 0.370 e. The molecular weight excluding hydrogens is 268 g/mol. The third-order valence-electron chi connectivity index (χ3n) is 2.10. The SMILES string of the molecule is Brc1cc(NCCc2ccncc2)ncn1. The van der Waals surface area contributed by atoms with E-state index in [9.17, 15) is 0 Å². The summed E-state index contributed by atoms with van der Waals surface area (Å²) in [6, 6.07) is 5.88. The van der Waals surface area contributed by atoms with E-state index in [4.69, 9.17) is 0 Å². The Balaban J connectivity index is 1.85. The molecular formula is C11H11BrN4. The topological polar surface area (TPSA) is 50.7 Å². The predicted octanol–water partition coefficient (Wildman–Crippen LogP) is 2.29. The molecule has 0 aromatic carbocycles. The standard InChI is InChI=1S/C11H11BrN4/c12-10-7-11(16-8-15-10)14-6-3-9-1-4-13-5-2-9/h1-2,4-5,7-8H,3,6H2,(H,14,15,16). The molecule has 0 unspecified atom stereocenters. The van der Waals surface area contributed by atoms with Gasteiger partial charge < -0.3 is 5.32 Å². The van der Waals surface area contributed by atoms with Crippen molar-refractivity contribution in [2.45, 2.75) is 6.42 Å². The van der Waals surface area contributed by atoms with Crippen LogP contribution in [0.4, 0.5) is 5.82 Å². The zero-order valence-electron chi connectivity index (χ0n) is 8.60. The highest BCUT2D eigenvalue weighted by Crippen LogP contribution is 2.09. The van der Waals surface area contributed by atoms with E-state index in [0.29, 0.717) is 0 Å². The van der Waals surface area contributed by atoms with Gasteiger partial charge in [-0.1, -0.05) is 0 Å². The number of nitrogens with zero attached hydrogens (tertiary/aromatic N) is 3. The second-order valence-electron chi connectivity index (χ2n) is 3.26. The van der Waals surface area contributed by atoms with E-state index in [0.717, 1.165) is 23.4 Å². The van der Waals surface area contributed by atoms with E-state index in [1.165, 1.54) is 11.9 Å². The van der Waals surface area contributed by atoms with Gasteiger partial charge >= 0.3 is 0 Å². The summed E-state index contributed by atoms with van der Waals surface area (Å²) in [4.78, 5) is 12.0. The smallest absolute Gasteiger partial charge is 0.130 e. The van der Waals surface area contributed by atoms with E-state index in [1.807, 2.05) is 18.2 Å². The average molecular weight is 279 g/mol. The molecule has 2 heterocycles. The fourth-order valence-electron chi connectivity index (χ4n) is 1.31. The lowest BCUT2D eigenvalue weighted by molar-refractivity contribution is 0.991. The van der Waals surface area contributed by atoms with Crippen LogP contribution in [0.25, 0.3) is 0 Å². The van der Waals surface area contributed by atoms with Crippen molar-refractivity contribution in [2.24, 2.45) is 0 Å². The summed E-state index contributed by atoms with van der Waals surface area (Å²) in [6.07, 6.45) is 6.08. The number of nitrogens with one attached hydrogen (secondary N) is 1. The maximum Gasteiger partial charge on any atom is 0.130 e. The minimum Gasteiger partial charge on any atom is -0.370 e. The Hall–Kier alpha value is -1.49. The minimum absolute atomic E-state index is 0.786. The van der Waals surface area contributed by atoms with Crippen LogP contribution in [0.15, 0.2) is 41.5 Å². The van der Waals surface area contributed by atoms with E-state index < -0.39 is 0 Å². The Kier molecular flexibility index (Phi) is 3.82. The lowest BCUT2D eigenvalue weighted by Crippen LogP contribution is -2.06. The van der Waals surface area contributed by atoms with Crippen LogP contribution in [-0.4, -0.2) is 21.5 Å². The van der Waals surface area contributed by atoms with Crippen molar-refractivity contribution in [3.8, 4) is 0 Å². The van der Waals surface area contributed by atoms with Gasteiger partial charge in [0.1, 0.15) is 16.7 Å². The van der Waals surface area contributed by atoms with Gasteiger partial charge in [-0.15, -0.1) is 0 Å². The lowest BCUT2D eigenvalue weighted by Gasteiger charge is -2.05. The molecule has 0 radical (unpaired) electrons. The highest BCUT2D eigenvalue weighted by Gasteiger charge is 1.96. The molecule has 0 aliphatic carbocycles. The first-order chi connectivity index (χ1) is 7.84. The molecule has 0 bridgehead atoms. The number of rotatable bonds is 4. The third-order valence-corrected chi connectivity index (χ3v) is 2.54. The maximum absolute atomic E-state index is 4.11. The maximum atomic E-state index is 4.11. The van der Waals surface area contributed by atoms with Gasteiger partial charge in [0.05, 0.1) is 0 Å². The second-order valence-corrected chi connectivity index (χ2v) is 4.07. The normalized spacial score (nSPS) is 10.1. The average Bonchev–Trinajstić information content (AvgIpc) is 2.30. The summed E-state index contributed by atoms with van der Waals surface area (Å²) in [5.74, 6) is 0.830. The summed E-state index contributed by atoms with van der Waals surface area (Å²) in [6.45, 7) is 0.841. The molecule has 0 saturated carbocycles. The fourth-order valence-corrected chi connectivity index (χ4v) is 1.62. The van der Waals surface area contributed by atoms with E-state index >= 15 is 0 Å². The summed E-state index contributed by atoms with van der Waals surface area (Å²) >= 11 is 3.30. The Labute approximate surface area is 102 Å². The molecule has 0 aliphatic rings. The predicted molar refractivity (Wildman–Crippen MR) is 66.2 cm³/mol. The van der Waals surface area contributed by atoms with Gasteiger partial charge in [-0.3, -0.25) is 4.98 Å². The molecule has 2 aromatic heterocycles. The zero-order chi connectivity index (χ0) is 11.2. The van der Waals surface area contributed by atoms with Crippen LogP contribution in [0.5, 0.6) is 0 Å². The molecule has 0 aliphatic heterocycles. The molecule has 4 nitrogen and oxygen atoms in total. The van der Waals surface area contributed by atoms with Crippen molar-refractivity contribution in [3.63, 3.8) is 0 Å². The zero-order valence-corrected chi connectivity index (χ0v) is 10.2. The Morgan fingerprint density at radius 1 is 1.19 bits per heavy atom. The number of pyridine rings is 1. The summed E-state index contributed by atoms with van der Waals surface area (Å²) < 4.78 is 0.786. The minimum atomic E-state index is 0.786. The van der Waals surface area contributed by atoms with Gasteiger partial charge in [0.15, 0.2) is 0 Å². The first-order valence-electron chi connectivity index (χ1n) is 4.95. The Bertz CT molecular complexity index is 447. The molecule has 2 rings (SSSR count). The van der Waals surface area contributed by atoms with E-state index in [2.05, 4.69) is 36.2 Å². The Morgan fingerprint density at radius 3 is 2.75 bits per heavy atom. The Morgan fingerprint density at radius 2 is 2.00 bits per heavy atom. The number of anilines is 1. The molecule has 0 saturated heterocycles. The molecule has 1 N–H and O–H groups in total. The molecule has 0 amide bonds. The molecule has 82 valence electrons. The van der Waals surface area contributed by atoms with Crippen LogP contribution in [0.3, 0.4) is 0 Å². The first-order valence-corrected chi connectivity index (χ1v) is 5.74. The second kappa shape index (κ2) is 5.55. The van der Waals surface area contributed by atoms with Crippen molar-refractivity contribution in [1.82, 2.24) is 15.0 Å². The summed E-state index contributed by atoms with van der Waals surface area (Å²) in [5.41, 5.74) is 1.26. The molecule has 0 atom stereocenters. The van der Waals surface area contributed by atoms with Crippen LogP contribution in [0, 0.1) is 0 Å². The highest BCUT2D eigenvalue weighted by atomic mass is 79.9. The van der Waals surface area contributed by atoms with Crippen LogP contribution < -0.4 is 5.32 Å². The number of halogens is 1. The van der Waals surface area contributed by atoms with Gasteiger partial charge in [0.2, 0.25) is 0 Å². The quantitative estimate of drug-likeness (QED) is 0.872. The molecule has 5 heteroatoms. The van der Waals surface area contributed by atoms with Crippen LogP contribution in [0.1, 0.15) is 5.56 Å². The van der Waals surface area contributed by atoms with Crippen molar-refractivity contribution in [2.75, 3.05) is 11.9 Å². The molecule has 0 fully saturated rings. The van der Waals surface area contributed by atoms with Crippen LogP contribution in [-0.2, 0) is 6.42 Å². The van der Waals surface area contributed by atoms with Gasteiger partial charge in [-0.2, -0.15) is 0 Å². The number of hydrogen-bond donors (Lipinski definition) is 1. The first kappa shape index (κ1) is 11.0. The van der Waals surface area contributed by atoms with Crippen molar-refractivity contribution >= 4 is 21.7 Å². The molecule has 16 heavy (non-hydrogen) atoms. The van der Waals surface area contributed by atoms with Crippen molar-refractivity contribution < 1.29 is 0 Å². The van der Waals surface area contributed by atoms with Crippen molar-refractivity contribution in [1.29, 1.82) is 0 Å². The fraction of sp³-hybridized carbons (Fsp3) is 0.182. The number of hydrogen-bond acceptors (Lipinski definition) is 4. The van der Waals surface area contributed by atoms with Gasteiger partial charge in [0.25, 0.3) is 0 Å². The van der Waals surface area contributed by atoms with Crippen LogP contribution in [0.2, 0.25) is 0 Å². The van der Waals surface area contributed by atoms with Gasteiger partial charge in [0, 0.05) is 25.0 Å². The molecule has 0 spiro atoms. The third kappa shape index (κ3) is 3.27. The van der Waals surface area contributed by atoms with E-state index in [1.54, 1.807) is 12.4 Å². The lowest BCUT2D eigenvalue weighted by atomic mass is 10.2. The summed E-state index contributed by atoms with van der Waals surface area (Å²) in [5, 5.41) is 3.23.